The second-order valence-electron chi connectivity index (χ2n) is 10.3. The number of aryl methyl sites for hydroxylation is 1. The second-order valence-corrected chi connectivity index (χ2v) is 10.3. The molecular formula is C27H33N9O2. The van der Waals surface area contributed by atoms with Gasteiger partial charge >= 0.3 is 0 Å². The summed E-state index contributed by atoms with van der Waals surface area (Å²) in [5, 5.41) is 11.7. The van der Waals surface area contributed by atoms with Crippen LogP contribution in [0.4, 0.5) is 17.3 Å². The lowest BCUT2D eigenvalue weighted by Gasteiger charge is -2.38. The average Bonchev–Trinajstić information content (AvgIpc) is 3.23. The van der Waals surface area contributed by atoms with Crippen LogP contribution in [0.5, 0.6) is 5.88 Å². The molecule has 1 aromatic carbocycles. The van der Waals surface area contributed by atoms with Gasteiger partial charge in [-0.3, -0.25) is 14.4 Å². The Morgan fingerprint density at radius 2 is 1.95 bits per heavy atom. The van der Waals surface area contributed by atoms with Crippen molar-refractivity contribution in [3.63, 3.8) is 0 Å². The normalized spacial score (nSPS) is 21.9. The number of H-pyrrole nitrogens is 1. The Hall–Kier alpha value is -3.96. The highest BCUT2D eigenvalue weighted by Gasteiger charge is 2.61. The lowest BCUT2D eigenvalue weighted by molar-refractivity contribution is -0.124. The number of anilines is 3. The number of carbonyl (C=O) groups excluding carboxylic acids is 1. The number of carbonyl (C=O) groups is 1. The number of rotatable bonds is 7. The molecule has 0 spiro atoms. The number of fused-ring (bicyclic) bond motifs is 1. The van der Waals surface area contributed by atoms with E-state index >= 15 is 0 Å². The quantitative estimate of drug-likeness (QED) is 0.344. The first-order valence-electron chi connectivity index (χ1n) is 12.9. The Kier molecular flexibility index (Phi) is 6.04. The van der Waals surface area contributed by atoms with Crippen LogP contribution in [-0.2, 0) is 11.8 Å². The van der Waals surface area contributed by atoms with E-state index in [2.05, 4.69) is 49.5 Å². The number of benzene rings is 1. The summed E-state index contributed by atoms with van der Waals surface area (Å²) in [7, 11) is 5.53. The van der Waals surface area contributed by atoms with Crippen molar-refractivity contribution in [1.82, 2.24) is 34.5 Å². The minimum absolute atomic E-state index is 0.0807. The Bertz CT molecular complexity index is 1490. The van der Waals surface area contributed by atoms with Crippen molar-refractivity contribution < 1.29 is 9.53 Å². The van der Waals surface area contributed by atoms with Crippen LogP contribution in [0.15, 0.2) is 42.9 Å². The molecule has 2 atom stereocenters. The zero-order chi connectivity index (χ0) is 26.4. The number of likely N-dealkylation sites (N-methyl/N-ethyl adjacent to an activating group) is 1. The van der Waals surface area contributed by atoms with E-state index in [1.54, 1.807) is 18.0 Å². The molecule has 1 unspecified atom stereocenters. The highest BCUT2D eigenvalue weighted by Crippen LogP contribution is 2.49. The molecule has 1 amide bonds. The van der Waals surface area contributed by atoms with Crippen molar-refractivity contribution in [3.05, 3.63) is 42.9 Å². The van der Waals surface area contributed by atoms with Gasteiger partial charge in [0, 0.05) is 56.6 Å². The summed E-state index contributed by atoms with van der Waals surface area (Å²) >= 11 is 0. The molecule has 4 aromatic rings. The van der Waals surface area contributed by atoms with Gasteiger partial charge in [-0.1, -0.05) is 19.1 Å². The first-order valence-corrected chi connectivity index (χ1v) is 12.9. The predicted molar refractivity (Wildman–Crippen MR) is 147 cm³/mol. The fourth-order valence-corrected chi connectivity index (χ4v) is 5.61. The van der Waals surface area contributed by atoms with Crippen LogP contribution in [0.25, 0.3) is 22.2 Å². The van der Waals surface area contributed by atoms with Gasteiger partial charge in [-0.2, -0.15) is 0 Å². The van der Waals surface area contributed by atoms with Crippen LogP contribution in [0.3, 0.4) is 0 Å². The minimum atomic E-state index is -0.417. The zero-order valence-electron chi connectivity index (χ0n) is 22.2. The highest BCUT2D eigenvalue weighted by molar-refractivity contribution is 6.08. The van der Waals surface area contributed by atoms with Crippen LogP contribution in [0.2, 0.25) is 0 Å². The summed E-state index contributed by atoms with van der Waals surface area (Å²) in [5.74, 6) is 1.32. The van der Waals surface area contributed by atoms with E-state index in [9.17, 15) is 4.79 Å². The molecule has 0 bridgehead atoms. The number of amides is 1. The topological polar surface area (TPSA) is 116 Å². The number of hydrogen-bond donors (Lipinski definition) is 3. The minimum Gasteiger partial charge on any atom is -0.478 e. The Morgan fingerprint density at radius 1 is 1.16 bits per heavy atom. The van der Waals surface area contributed by atoms with E-state index in [0.29, 0.717) is 23.4 Å². The van der Waals surface area contributed by atoms with Gasteiger partial charge in [0.2, 0.25) is 11.9 Å². The first kappa shape index (κ1) is 24.4. The summed E-state index contributed by atoms with van der Waals surface area (Å²) in [6, 6.07) is 7.82. The van der Waals surface area contributed by atoms with Crippen molar-refractivity contribution in [1.29, 1.82) is 0 Å². The highest BCUT2D eigenvalue weighted by atomic mass is 16.5. The van der Waals surface area contributed by atoms with E-state index in [-0.39, 0.29) is 5.91 Å². The molecule has 2 fully saturated rings. The molecule has 1 saturated carbocycles. The first-order chi connectivity index (χ1) is 18.4. The van der Waals surface area contributed by atoms with Gasteiger partial charge in [0.25, 0.3) is 5.88 Å². The van der Waals surface area contributed by atoms with E-state index in [0.717, 1.165) is 60.4 Å². The number of para-hydroxylation sites is 1. The van der Waals surface area contributed by atoms with Crippen molar-refractivity contribution in [2.24, 2.45) is 13.0 Å². The Balaban J connectivity index is 1.26. The van der Waals surface area contributed by atoms with Gasteiger partial charge in [0.05, 0.1) is 30.2 Å². The summed E-state index contributed by atoms with van der Waals surface area (Å²) in [6.07, 6.45) is 6.34. The van der Waals surface area contributed by atoms with Crippen LogP contribution in [0, 0.1) is 5.92 Å². The van der Waals surface area contributed by atoms with Gasteiger partial charge in [0.1, 0.15) is 11.2 Å². The van der Waals surface area contributed by atoms with Crippen LogP contribution in [0.1, 0.15) is 13.3 Å². The Morgan fingerprint density at radius 3 is 2.68 bits per heavy atom. The molecule has 1 aliphatic heterocycles. The van der Waals surface area contributed by atoms with Gasteiger partial charge in [-0.15, -0.1) is 5.10 Å². The molecular weight excluding hydrogens is 482 g/mol. The molecule has 11 nitrogen and oxygen atoms in total. The van der Waals surface area contributed by atoms with Gasteiger partial charge < -0.3 is 25.3 Å². The number of aromatic nitrogens is 5. The van der Waals surface area contributed by atoms with Crippen molar-refractivity contribution in [2.75, 3.05) is 51.0 Å². The maximum atomic E-state index is 13.7. The summed E-state index contributed by atoms with van der Waals surface area (Å²) in [5.41, 5.74) is 3.59. The molecule has 1 saturated heterocycles. The van der Waals surface area contributed by atoms with Crippen LogP contribution in [-0.4, -0.2) is 86.3 Å². The van der Waals surface area contributed by atoms with Crippen molar-refractivity contribution in [3.8, 4) is 17.1 Å². The molecule has 3 N–H and O–H groups in total. The van der Waals surface area contributed by atoms with Gasteiger partial charge in [-0.05, 0) is 31.5 Å². The number of nitrogens with one attached hydrogen (secondary N) is 3. The predicted octanol–water partition coefficient (Wildman–Crippen LogP) is 3.08. The SMILES string of the molecule is COc1nn(C)cc1Nc1nccc(-c2c[nH]c3c(NC(=O)C4(N5CCN(C)CC5)C[C@H]4C)cccc23)n1. The van der Waals surface area contributed by atoms with Gasteiger partial charge in [0.15, 0.2) is 0 Å². The third-order valence-electron chi connectivity index (χ3n) is 7.86. The molecule has 2 aliphatic rings. The molecule has 11 heteroatoms. The third-order valence-corrected chi connectivity index (χ3v) is 7.86. The largest absolute Gasteiger partial charge is 0.478 e. The number of hydrogen-bond acceptors (Lipinski definition) is 8. The molecule has 1 aliphatic carbocycles. The number of methoxy groups -OCH3 is 1. The lowest BCUT2D eigenvalue weighted by atomic mass is 10.1. The molecule has 4 heterocycles. The fourth-order valence-electron chi connectivity index (χ4n) is 5.61. The molecule has 3 aromatic heterocycles. The third kappa shape index (κ3) is 4.17. The molecule has 38 heavy (non-hydrogen) atoms. The molecule has 198 valence electrons. The van der Waals surface area contributed by atoms with Gasteiger partial charge in [-0.25, -0.2) is 9.97 Å². The zero-order valence-corrected chi connectivity index (χ0v) is 22.2. The maximum Gasteiger partial charge on any atom is 0.256 e. The second kappa shape index (κ2) is 9.41. The number of piperazine rings is 1. The standard InChI is InChI=1S/C27H33N9O2/c1-17-14-27(17,36-12-10-34(2)11-13-36)25(37)30-21-7-5-6-18-19(15-29-23(18)21)20-8-9-28-26(31-20)32-22-16-35(3)33-24(22)38-4/h5-9,15-17,29H,10-14H2,1-4H3,(H,30,37)(H,28,31,32)/t17-,27?/m1/s1. The van der Waals surface area contributed by atoms with E-state index in [1.165, 1.54) is 0 Å². The lowest BCUT2D eigenvalue weighted by Crippen LogP contribution is -2.55. The summed E-state index contributed by atoms with van der Waals surface area (Å²) in [6.45, 7) is 5.98. The van der Waals surface area contributed by atoms with E-state index in [4.69, 9.17) is 9.72 Å². The number of nitrogens with zero attached hydrogens (tertiary/aromatic N) is 6. The average molecular weight is 516 g/mol. The van der Waals surface area contributed by atoms with Crippen molar-refractivity contribution >= 4 is 34.1 Å². The molecule has 6 rings (SSSR count). The molecule has 0 radical (unpaired) electrons. The summed E-state index contributed by atoms with van der Waals surface area (Å²) in [4.78, 5) is 30.8. The Labute approximate surface area is 221 Å². The van der Waals surface area contributed by atoms with Crippen LogP contribution >= 0.6 is 0 Å². The summed E-state index contributed by atoms with van der Waals surface area (Å²) < 4.78 is 6.99. The van der Waals surface area contributed by atoms with Crippen LogP contribution < -0.4 is 15.4 Å². The van der Waals surface area contributed by atoms with E-state index < -0.39 is 5.54 Å². The maximum absolute atomic E-state index is 13.7. The number of ether oxygens (including phenoxy) is 1. The van der Waals surface area contributed by atoms with E-state index in [1.807, 2.05) is 43.7 Å². The van der Waals surface area contributed by atoms with Crippen molar-refractivity contribution in [2.45, 2.75) is 18.9 Å². The number of aromatic amines is 1. The monoisotopic (exact) mass is 515 g/mol. The fraction of sp³-hybridized carbons (Fsp3) is 0.407. The smallest absolute Gasteiger partial charge is 0.256 e.